The van der Waals surface area contributed by atoms with Gasteiger partial charge in [0.15, 0.2) is 5.82 Å². The molecule has 0 aliphatic heterocycles. The van der Waals surface area contributed by atoms with Crippen LogP contribution >= 0.6 is 11.3 Å². The lowest BCUT2D eigenvalue weighted by Crippen LogP contribution is -2.09. The number of aromatic nitrogens is 4. The number of methoxy groups -OCH3 is 1. The van der Waals surface area contributed by atoms with E-state index in [4.69, 9.17) is 9.26 Å². The number of hydrogen-bond donors (Lipinski definition) is 1. The Bertz CT molecular complexity index is 828. The summed E-state index contributed by atoms with van der Waals surface area (Å²) >= 11 is 1.71. The minimum Gasteiger partial charge on any atom is -0.384 e. The molecule has 1 atom stereocenters. The van der Waals surface area contributed by atoms with E-state index in [0.717, 1.165) is 22.1 Å². The summed E-state index contributed by atoms with van der Waals surface area (Å²) < 4.78 is 10.3. The fourth-order valence-corrected chi connectivity index (χ4v) is 3.42. The van der Waals surface area contributed by atoms with Crippen LogP contribution in [0.4, 0.5) is 5.82 Å². The van der Waals surface area contributed by atoms with Gasteiger partial charge in [-0.1, -0.05) is 5.16 Å². The molecule has 3 aromatic rings. The predicted molar refractivity (Wildman–Crippen MR) is 96.7 cm³/mol. The minimum atomic E-state index is 0.0901. The molecule has 7 nitrogen and oxygen atoms in total. The summed E-state index contributed by atoms with van der Waals surface area (Å²) in [5, 5.41) is 8.38. The van der Waals surface area contributed by atoms with E-state index < -0.39 is 0 Å². The van der Waals surface area contributed by atoms with Crippen LogP contribution in [-0.4, -0.2) is 33.8 Å². The number of rotatable bonds is 7. The second-order valence-corrected chi connectivity index (χ2v) is 7.14. The first-order chi connectivity index (χ1) is 12.1. The molecule has 8 heteroatoms. The smallest absolute Gasteiger partial charge is 0.259 e. The summed E-state index contributed by atoms with van der Waals surface area (Å²) in [7, 11) is 1.64. The van der Waals surface area contributed by atoms with E-state index in [-0.39, 0.29) is 6.04 Å². The molecule has 0 bridgehead atoms. The van der Waals surface area contributed by atoms with Gasteiger partial charge in [0, 0.05) is 24.6 Å². The van der Waals surface area contributed by atoms with Gasteiger partial charge in [0.25, 0.3) is 5.89 Å². The molecular weight excluding hydrogens is 338 g/mol. The molecule has 0 amide bonds. The number of ether oxygens (including phenoxy) is 1. The van der Waals surface area contributed by atoms with Crippen LogP contribution < -0.4 is 5.32 Å². The van der Waals surface area contributed by atoms with Gasteiger partial charge in [-0.25, -0.2) is 9.97 Å². The van der Waals surface area contributed by atoms with Crippen LogP contribution in [0.3, 0.4) is 0 Å². The zero-order chi connectivity index (χ0) is 17.8. The molecule has 3 heterocycles. The van der Waals surface area contributed by atoms with Crippen LogP contribution in [0.5, 0.6) is 0 Å². The van der Waals surface area contributed by atoms with Gasteiger partial charge in [-0.3, -0.25) is 0 Å². The standard InChI is InChI=1S/C17H21N5O2S/c1-10(16-11(2)25-12(3)20-16)19-14-6-5-13(9-18-14)17-21-15(22-24-17)7-8-23-4/h5-6,9-10H,7-8H2,1-4H3,(H,18,19)/t10-/m0/s1. The van der Waals surface area contributed by atoms with Crippen molar-refractivity contribution >= 4 is 17.2 Å². The Morgan fingerprint density at radius 1 is 1.28 bits per heavy atom. The number of aryl methyl sites for hydroxylation is 2. The van der Waals surface area contributed by atoms with Gasteiger partial charge < -0.3 is 14.6 Å². The van der Waals surface area contributed by atoms with Crippen molar-refractivity contribution in [2.45, 2.75) is 33.2 Å². The highest BCUT2D eigenvalue weighted by Gasteiger charge is 2.14. The molecule has 3 rings (SSSR count). The van der Waals surface area contributed by atoms with Gasteiger partial charge >= 0.3 is 0 Å². The summed E-state index contributed by atoms with van der Waals surface area (Å²) in [6.07, 6.45) is 2.35. The first kappa shape index (κ1) is 17.5. The molecule has 0 unspecified atom stereocenters. The molecular formula is C17H21N5O2S. The number of pyridine rings is 1. The van der Waals surface area contributed by atoms with E-state index in [9.17, 15) is 0 Å². The number of nitrogens with zero attached hydrogens (tertiary/aromatic N) is 4. The van der Waals surface area contributed by atoms with Gasteiger partial charge in [0.2, 0.25) is 0 Å². The Labute approximate surface area is 150 Å². The van der Waals surface area contributed by atoms with E-state index in [1.54, 1.807) is 24.6 Å². The van der Waals surface area contributed by atoms with Crippen molar-refractivity contribution < 1.29 is 9.26 Å². The quantitative estimate of drug-likeness (QED) is 0.690. The third-order valence-electron chi connectivity index (χ3n) is 3.72. The lowest BCUT2D eigenvalue weighted by molar-refractivity contribution is 0.199. The van der Waals surface area contributed by atoms with Crippen LogP contribution in [-0.2, 0) is 11.2 Å². The van der Waals surface area contributed by atoms with Crippen LogP contribution in [0.15, 0.2) is 22.9 Å². The van der Waals surface area contributed by atoms with Crippen molar-refractivity contribution in [1.29, 1.82) is 0 Å². The van der Waals surface area contributed by atoms with Crippen LogP contribution in [0, 0.1) is 13.8 Å². The Morgan fingerprint density at radius 3 is 2.76 bits per heavy atom. The average molecular weight is 359 g/mol. The molecule has 0 aliphatic rings. The van der Waals surface area contributed by atoms with E-state index in [2.05, 4.69) is 39.3 Å². The van der Waals surface area contributed by atoms with Crippen LogP contribution in [0.25, 0.3) is 11.5 Å². The summed E-state index contributed by atoms with van der Waals surface area (Å²) in [5.74, 6) is 1.87. The maximum atomic E-state index is 5.27. The van der Waals surface area contributed by atoms with Crippen molar-refractivity contribution in [3.8, 4) is 11.5 Å². The van der Waals surface area contributed by atoms with E-state index >= 15 is 0 Å². The minimum absolute atomic E-state index is 0.0901. The largest absolute Gasteiger partial charge is 0.384 e. The third kappa shape index (κ3) is 4.21. The van der Waals surface area contributed by atoms with Gasteiger partial charge in [0.05, 0.1) is 28.9 Å². The molecule has 132 valence electrons. The molecule has 0 saturated carbocycles. The second kappa shape index (κ2) is 7.71. The fraction of sp³-hybridized carbons (Fsp3) is 0.412. The Hall–Kier alpha value is -2.32. The van der Waals surface area contributed by atoms with Crippen molar-refractivity contribution in [3.05, 3.63) is 39.7 Å². The highest BCUT2D eigenvalue weighted by atomic mass is 32.1. The molecule has 0 spiro atoms. The van der Waals surface area contributed by atoms with Crippen LogP contribution in [0.2, 0.25) is 0 Å². The monoisotopic (exact) mass is 359 g/mol. The summed E-state index contributed by atoms with van der Waals surface area (Å²) in [4.78, 5) is 14.6. The number of hydrogen-bond acceptors (Lipinski definition) is 8. The van der Waals surface area contributed by atoms with E-state index in [1.807, 2.05) is 19.1 Å². The Kier molecular flexibility index (Phi) is 5.40. The Morgan fingerprint density at radius 2 is 2.12 bits per heavy atom. The van der Waals surface area contributed by atoms with E-state index in [0.29, 0.717) is 24.7 Å². The molecule has 0 fully saturated rings. The topological polar surface area (TPSA) is 86.0 Å². The zero-order valence-corrected chi connectivity index (χ0v) is 15.6. The molecule has 25 heavy (non-hydrogen) atoms. The fourth-order valence-electron chi connectivity index (χ4n) is 2.51. The number of nitrogens with one attached hydrogen (secondary N) is 1. The van der Waals surface area contributed by atoms with Crippen molar-refractivity contribution in [3.63, 3.8) is 0 Å². The summed E-state index contributed by atoms with van der Waals surface area (Å²) in [5.41, 5.74) is 1.85. The zero-order valence-electron chi connectivity index (χ0n) is 14.7. The van der Waals surface area contributed by atoms with Crippen molar-refractivity contribution in [1.82, 2.24) is 20.1 Å². The summed E-state index contributed by atoms with van der Waals surface area (Å²) in [6, 6.07) is 3.90. The first-order valence-electron chi connectivity index (χ1n) is 8.05. The molecule has 1 N–H and O–H groups in total. The van der Waals surface area contributed by atoms with E-state index in [1.165, 1.54) is 4.88 Å². The normalized spacial score (nSPS) is 12.3. The molecule has 0 saturated heterocycles. The maximum Gasteiger partial charge on any atom is 0.259 e. The predicted octanol–water partition coefficient (Wildman–Crippen LogP) is 3.57. The highest BCUT2D eigenvalue weighted by Crippen LogP contribution is 2.25. The molecule has 3 aromatic heterocycles. The van der Waals surface area contributed by atoms with Gasteiger partial charge in [-0.05, 0) is 32.9 Å². The first-order valence-corrected chi connectivity index (χ1v) is 8.87. The van der Waals surface area contributed by atoms with Gasteiger partial charge in [-0.15, -0.1) is 11.3 Å². The van der Waals surface area contributed by atoms with Crippen LogP contribution in [0.1, 0.15) is 34.4 Å². The lowest BCUT2D eigenvalue weighted by atomic mass is 10.2. The van der Waals surface area contributed by atoms with Crippen molar-refractivity contribution in [2.24, 2.45) is 0 Å². The van der Waals surface area contributed by atoms with Gasteiger partial charge in [0.1, 0.15) is 5.82 Å². The molecule has 0 radical (unpaired) electrons. The summed E-state index contributed by atoms with van der Waals surface area (Å²) in [6.45, 7) is 6.75. The third-order valence-corrected chi connectivity index (χ3v) is 4.62. The molecule has 0 aromatic carbocycles. The SMILES string of the molecule is COCCc1noc(-c2ccc(N[C@@H](C)c3nc(C)sc3C)nc2)n1. The second-order valence-electron chi connectivity index (χ2n) is 5.73. The lowest BCUT2D eigenvalue weighted by Gasteiger charge is -2.13. The highest BCUT2D eigenvalue weighted by molar-refractivity contribution is 7.11. The molecule has 0 aliphatic carbocycles. The average Bonchev–Trinajstić information content (AvgIpc) is 3.20. The maximum absolute atomic E-state index is 5.27. The van der Waals surface area contributed by atoms with Crippen molar-refractivity contribution in [2.75, 3.05) is 19.0 Å². The number of anilines is 1. The Balaban J connectivity index is 1.67. The number of thiazole rings is 1. The van der Waals surface area contributed by atoms with Gasteiger partial charge in [-0.2, -0.15) is 4.98 Å².